The predicted molar refractivity (Wildman–Crippen MR) is 76.1 cm³/mol. The van der Waals surface area contributed by atoms with E-state index in [4.69, 9.17) is 5.84 Å². The van der Waals surface area contributed by atoms with Crippen molar-refractivity contribution < 1.29 is 4.39 Å². The van der Waals surface area contributed by atoms with E-state index in [1.54, 1.807) is 0 Å². The molecule has 1 aromatic rings. The molecule has 0 amide bonds. The Kier molecular flexibility index (Phi) is 4.55. The minimum Gasteiger partial charge on any atom is -0.302 e. The normalized spacial score (nSPS) is 19.8. The van der Waals surface area contributed by atoms with Crippen molar-refractivity contribution in [2.24, 2.45) is 5.84 Å². The number of nitrogens with zero attached hydrogens (tertiary/aromatic N) is 1. The van der Waals surface area contributed by atoms with Gasteiger partial charge in [-0.15, -0.1) is 0 Å². The van der Waals surface area contributed by atoms with Crippen molar-refractivity contribution in [3.8, 4) is 0 Å². The maximum atomic E-state index is 13.0. The number of rotatable bonds is 5. The average Bonchev–Trinajstić information content (AvgIpc) is 2.88. The van der Waals surface area contributed by atoms with E-state index in [9.17, 15) is 4.39 Å². The summed E-state index contributed by atoms with van der Waals surface area (Å²) in [5, 5.41) is 0. The standard InChI is InChI=1S/C15H24FN3/c1-19(2)15(9-3-4-10-15)14(18-17)11-12-5-7-13(16)8-6-12/h5-8,14,18H,3-4,9-11,17H2,1-2H3. The van der Waals surface area contributed by atoms with Gasteiger partial charge in [0, 0.05) is 11.6 Å². The second-order valence-electron chi connectivity index (χ2n) is 5.75. The summed E-state index contributed by atoms with van der Waals surface area (Å²) in [6.45, 7) is 0. The lowest BCUT2D eigenvalue weighted by Gasteiger charge is -2.43. The fraction of sp³-hybridized carbons (Fsp3) is 0.600. The van der Waals surface area contributed by atoms with Crippen LogP contribution in [0.3, 0.4) is 0 Å². The van der Waals surface area contributed by atoms with Crippen LogP contribution in [0.4, 0.5) is 4.39 Å². The maximum Gasteiger partial charge on any atom is 0.123 e. The quantitative estimate of drug-likeness (QED) is 0.632. The molecular formula is C15H24FN3. The van der Waals surface area contributed by atoms with E-state index in [2.05, 4.69) is 24.4 Å². The lowest BCUT2D eigenvalue weighted by Crippen LogP contribution is -2.60. The first-order valence-corrected chi connectivity index (χ1v) is 6.96. The smallest absolute Gasteiger partial charge is 0.123 e. The molecule has 1 saturated carbocycles. The Morgan fingerprint density at radius 1 is 1.26 bits per heavy atom. The minimum atomic E-state index is -0.191. The Morgan fingerprint density at radius 2 is 1.84 bits per heavy atom. The highest BCUT2D eigenvalue weighted by molar-refractivity contribution is 5.19. The molecule has 3 N–H and O–H groups in total. The van der Waals surface area contributed by atoms with Crippen molar-refractivity contribution in [2.75, 3.05) is 14.1 Å². The number of likely N-dealkylation sites (N-methyl/N-ethyl adjacent to an activating group) is 1. The first-order valence-electron chi connectivity index (χ1n) is 6.96. The van der Waals surface area contributed by atoms with Crippen molar-refractivity contribution in [3.63, 3.8) is 0 Å². The van der Waals surface area contributed by atoms with Crippen molar-refractivity contribution >= 4 is 0 Å². The summed E-state index contributed by atoms with van der Waals surface area (Å²) in [6.07, 6.45) is 5.65. The fourth-order valence-electron chi connectivity index (χ4n) is 3.35. The van der Waals surface area contributed by atoms with Gasteiger partial charge in [-0.1, -0.05) is 25.0 Å². The van der Waals surface area contributed by atoms with Crippen LogP contribution in [0, 0.1) is 5.82 Å². The average molecular weight is 265 g/mol. The van der Waals surface area contributed by atoms with Crippen LogP contribution in [-0.4, -0.2) is 30.6 Å². The lowest BCUT2D eigenvalue weighted by molar-refractivity contribution is 0.104. The molecular weight excluding hydrogens is 241 g/mol. The topological polar surface area (TPSA) is 41.3 Å². The Bertz CT molecular complexity index is 396. The molecule has 2 rings (SSSR count). The van der Waals surface area contributed by atoms with Gasteiger partial charge in [-0.3, -0.25) is 11.3 Å². The van der Waals surface area contributed by atoms with E-state index < -0.39 is 0 Å². The molecule has 1 unspecified atom stereocenters. The van der Waals surface area contributed by atoms with E-state index in [1.165, 1.54) is 25.0 Å². The fourth-order valence-corrected chi connectivity index (χ4v) is 3.35. The number of nitrogens with two attached hydrogens (primary N) is 1. The lowest BCUT2D eigenvalue weighted by atomic mass is 9.83. The zero-order valence-corrected chi connectivity index (χ0v) is 11.8. The minimum absolute atomic E-state index is 0.114. The van der Waals surface area contributed by atoms with Crippen LogP contribution in [0.2, 0.25) is 0 Å². The van der Waals surface area contributed by atoms with Crippen LogP contribution in [0.1, 0.15) is 31.2 Å². The summed E-state index contributed by atoms with van der Waals surface area (Å²) in [6, 6.07) is 6.91. The number of halogens is 1. The molecule has 0 bridgehead atoms. The second-order valence-corrected chi connectivity index (χ2v) is 5.75. The summed E-state index contributed by atoms with van der Waals surface area (Å²) >= 11 is 0. The van der Waals surface area contributed by atoms with E-state index in [0.29, 0.717) is 0 Å². The monoisotopic (exact) mass is 265 g/mol. The Balaban J connectivity index is 2.16. The second kappa shape index (κ2) is 5.99. The van der Waals surface area contributed by atoms with Crippen LogP contribution in [0.25, 0.3) is 0 Å². The molecule has 1 aliphatic carbocycles. The predicted octanol–water partition coefficient (Wildman–Crippen LogP) is 2.07. The summed E-state index contributed by atoms with van der Waals surface area (Å²) in [7, 11) is 4.25. The number of hydrazine groups is 1. The molecule has 1 aromatic carbocycles. The van der Waals surface area contributed by atoms with E-state index >= 15 is 0 Å². The van der Waals surface area contributed by atoms with Gasteiger partial charge in [-0.25, -0.2) is 4.39 Å². The van der Waals surface area contributed by atoms with E-state index in [1.807, 2.05) is 12.1 Å². The molecule has 0 saturated heterocycles. The van der Waals surface area contributed by atoms with Crippen LogP contribution in [-0.2, 0) is 6.42 Å². The van der Waals surface area contributed by atoms with Crippen molar-refractivity contribution in [3.05, 3.63) is 35.6 Å². The van der Waals surface area contributed by atoms with Gasteiger partial charge in [0.15, 0.2) is 0 Å². The van der Waals surface area contributed by atoms with E-state index in [0.717, 1.165) is 24.8 Å². The molecule has 3 nitrogen and oxygen atoms in total. The van der Waals surface area contributed by atoms with Crippen molar-refractivity contribution in [1.82, 2.24) is 10.3 Å². The number of hydrogen-bond donors (Lipinski definition) is 2. The summed E-state index contributed by atoms with van der Waals surface area (Å²) in [4.78, 5) is 2.30. The van der Waals surface area contributed by atoms with Gasteiger partial charge in [-0.2, -0.15) is 0 Å². The zero-order chi connectivity index (χ0) is 13.9. The van der Waals surface area contributed by atoms with Gasteiger partial charge in [-0.05, 0) is 51.1 Å². The van der Waals surface area contributed by atoms with Crippen molar-refractivity contribution in [2.45, 2.75) is 43.7 Å². The number of benzene rings is 1. The van der Waals surface area contributed by atoms with Gasteiger partial charge < -0.3 is 4.90 Å². The molecule has 1 aliphatic rings. The first kappa shape index (κ1) is 14.4. The Labute approximate surface area is 114 Å². The highest BCUT2D eigenvalue weighted by Gasteiger charge is 2.42. The van der Waals surface area contributed by atoms with Gasteiger partial charge in [0.2, 0.25) is 0 Å². The maximum absolute atomic E-state index is 13.0. The van der Waals surface area contributed by atoms with Crippen LogP contribution >= 0.6 is 0 Å². The van der Waals surface area contributed by atoms with Gasteiger partial charge in [0.05, 0.1) is 0 Å². The molecule has 0 spiro atoms. The molecule has 19 heavy (non-hydrogen) atoms. The van der Waals surface area contributed by atoms with Crippen LogP contribution < -0.4 is 11.3 Å². The molecule has 0 heterocycles. The molecule has 1 atom stereocenters. The highest BCUT2D eigenvalue weighted by Crippen LogP contribution is 2.37. The summed E-state index contributed by atoms with van der Waals surface area (Å²) < 4.78 is 13.0. The van der Waals surface area contributed by atoms with Crippen LogP contribution in [0.5, 0.6) is 0 Å². The van der Waals surface area contributed by atoms with Gasteiger partial charge >= 0.3 is 0 Å². The zero-order valence-electron chi connectivity index (χ0n) is 11.8. The van der Waals surface area contributed by atoms with Gasteiger partial charge in [0.1, 0.15) is 5.82 Å². The SMILES string of the molecule is CN(C)C1(C(Cc2ccc(F)cc2)NN)CCCC1. The van der Waals surface area contributed by atoms with Crippen LogP contribution in [0.15, 0.2) is 24.3 Å². The van der Waals surface area contributed by atoms with Gasteiger partial charge in [0.25, 0.3) is 0 Å². The third-order valence-electron chi connectivity index (χ3n) is 4.56. The summed E-state index contributed by atoms with van der Waals surface area (Å²) in [5.41, 5.74) is 4.23. The molecule has 1 fully saturated rings. The highest BCUT2D eigenvalue weighted by atomic mass is 19.1. The molecule has 0 aliphatic heterocycles. The Hall–Kier alpha value is -0.970. The molecule has 106 valence electrons. The molecule has 4 heteroatoms. The number of hydrogen-bond acceptors (Lipinski definition) is 3. The summed E-state index contributed by atoms with van der Waals surface area (Å²) in [5.74, 6) is 5.61. The van der Waals surface area contributed by atoms with Crippen molar-refractivity contribution in [1.29, 1.82) is 0 Å². The molecule has 0 aromatic heterocycles. The third kappa shape index (κ3) is 2.96. The van der Waals surface area contributed by atoms with E-state index in [-0.39, 0.29) is 17.4 Å². The number of nitrogens with one attached hydrogen (secondary N) is 1. The molecule has 0 radical (unpaired) electrons. The largest absolute Gasteiger partial charge is 0.302 e. The first-order chi connectivity index (χ1) is 9.08. The Morgan fingerprint density at radius 3 is 2.32 bits per heavy atom. The third-order valence-corrected chi connectivity index (χ3v) is 4.56.